The zero-order chi connectivity index (χ0) is 20.9. The van der Waals surface area contributed by atoms with Gasteiger partial charge in [0.05, 0.1) is 30.8 Å². The van der Waals surface area contributed by atoms with Crippen LogP contribution in [0, 0.1) is 0 Å². The van der Waals surface area contributed by atoms with Gasteiger partial charge in [-0.1, -0.05) is 0 Å². The first-order chi connectivity index (χ1) is 11.2. The fraction of sp³-hybridized carbons (Fsp3) is 0.750. The van der Waals surface area contributed by atoms with E-state index in [2.05, 4.69) is 0 Å². The van der Waals surface area contributed by atoms with Crippen LogP contribution in [-0.2, 0) is 14.4 Å². The van der Waals surface area contributed by atoms with E-state index in [1.54, 1.807) is 0 Å². The predicted octanol–water partition coefficient (Wildman–Crippen LogP) is -7.64. The fourth-order valence-electron chi connectivity index (χ4n) is 0.668. The molecule has 0 spiro atoms. The number of hydrogen-bond donors (Lipinski definition) is 8. The minimum absolute atomic E-state index is 0. The summed E-state index contributed by atoms with van der Waals surface area (Å²) in [5.74, 6) is -4.60. The first kappa shape index (κ1) is 32.6. The molecule has 14 heteroatoms. The Kier molecular flexibility index (Phi) is 21.7. The van der Waals surface area contributed by atoms with Gasteiger partial charge in [0.2, 0.25) is 0 Å². The molecule has 0 aromatic carbocycles. The predicted molar refractivity (Wildman–Crippen MR) is 77.9 cm³/mol. The average Bonchev–Trinajstić information content (AvgIpc) is 2.52. The number of rotatable bonds is 7. The van der Waals surface area contributed by atoms with Crippen LogP contribution in [0.3, 0.4) is 0 Å². The van der Waals surface area contributed by atoms with Gasteiger partial charge in [-0.05, 0) is 13.8 Å². The van der Waals surface area contributed by atoms with E-state index in [-0.39, 0.29) is 23.1 Å². The maximum absolute atomic E-state index is 10.1. The molecule has 6 atom stereocenters. The van der Waals surface area contributed by atoms with Crippen molar-refractivity contribution in [1.29, 1.82) is 0 Å². The monoisotopic (exact) mass is 398 g/mol. The number of aliphatic hydroxyl groups excluding tert-OH is 7. The van der Waals surface area contributed by atoms with E-state index in [1.165, 1.54) is 0 Å². The van der Waals surface area contributed by atoms with Crippen molar-refractivity contribution in [3.05, 3.63) is 0 Å². The molecule has 0 heterocycles. The first-order valence-electron chi connectivity index (χ1n) is 6.54. The third-order valence-electron chi connectivity index (χ3n) is 2.19. The zero-order valence-corrected chi connectivity index (χ0v) is 15.4. The SMILES string of the molecule is CC(O)C(=O)[O-].CC(O)C(=O)[O-].O=C(O)C(O)C(O)C(O)C(O)CO.[Mg+2]. The van der Waals surface area contributed by atoms with Gasteiger partial charge in [0, 0.05) is 0 Å². The number of hydrogen-bond acceptors (Lipinski definition) is 12. The third kappa shape index (κ3) is 17.7. The Balaban J connectivity index is -0.000000157. The average molecular weight is 399 g/mol. The Bertz CT molecular complexity index is 383. The van der Waals surface area contributed by atoms with Gasteiger partial charge in [0.25, 0.3) is 0 Å². The van der Waals surface area contributed by atoms with Gasteiger partial charge in [-0.3, -0.25) is 0 Å². The van der Waals surface area contributed by atoms with E-state index in [1.807, 2.05) is 0 Å². The number of carbonyl (C=O) groups excluding carboxylic acids is 2. The van der Waals surface area contributed by atoms with Crippen LogP contribution >= 0.6 is 0 Å². The molecule has 0 aromatic rings. The zero-order valence-electron chi connectivity index (χ0n) is 14.0. The second-order valence-corrected chi connectivity index (χ2v) is 4.50. The Hall–Kier alpha value is -1.10. The molecule has 150 valence electrons. The molecule has 0 aliphatic heterocycles. The molecule has 6 unspecified atom stereocenters. The van der Waals surface area contributed by atoms with Crippen molar-refractivity contribution in [2.75, 3.05) is 6.61 Å². The van der Waals surface area contributed by atoms with Crippen molar-refractivity contribution in [3.63, 3.8) is 0 Å². The van der Waals surface area contributed by atoms with Gasteiger partial charge in [0.1, 0.15) is 18.3 Å². The minimum atomic E-state index is -2.20. The molecule has 0 amide bonds. The molecule has 26 heavy (non-hydrogen) atoms. The van der Waals surface area contributed by atoms with Gasteiger partial charge >= 0.3 is 29.0 Å². The molecule has 0 aromatic heterocycles. The van der Waals surface area contributed by atoms with Gasteiger partial charge in [-0.2, -0.15) is 0 Å². The van der Waals surface area contributed by atoms with E-state index in [4.69, 9.17) is 40.9 Å². The molecular formula is C12H22MgO13. The Labute approximate surface area is 163 Å². The van der Waals surface area contributed by atoms with Gasteiger partial charge in [0.15, 0.2) is 6.10 Å². The number of aliphatic hydroxyl groups is 7. The number of carbonyl (C=O) groups is 3. The number of carboxylic acids is 3. The van der Waals surface area contributed by atoms with E-state index in [0.717, 1.165) is 13.8 Å². The molecule has 13 nitrogen and oxygen atoms in total. The summed E-state index contributed by atoms with van der Waals surface area (Å²) in [5.41, 5.74) is 0. The molecular weight excluding hydrogens is 376 g/mol. The van der Waals surface area contributed by atoms with Crippen LogP contribution in [0.15, 0.2) is 0 Å². The van der Waals surface area contributed by atoms with E-state index in [0.29, 0.717) is 0 Å². The molecule has 0 radical (unpaired) electrons. The van der Waals surface area contributed by atoms with Gasteiger partial charge in [-0.15, -0.1) is 0 Å². The van der Waals surface area contributed by atoms with E-state index >= 15 is 0 Å². The minimum Gasteiger partial charge on any atom is -0.547 e. The van der Waals surface area contributed by atoms with Crippen molar-refractivity contribution in [2.24, 2.45) is 0 Å². The van der Waals surface area contributed by atoms with Crippen LogP contribution in [0.25, 0.3) is 0 Å². The normalized spacial score (nSPS) is 16.5. The summed E-state index contributed by atoms with van der Waals surface area (Å²) in [6.07, 6.45) is -10.5. The summed E-state index contributed by atoms with van der Waals surface area (Å²) in [4.78, 5) is 28.8. The second kappa shape index (κ2) is 17.3. The van der Waals surface area contributed by atoms with E-state index in [9.17, 15) is 24.6 Å². The third-order valence-corrected chi connectivity index (χ3v) is 2.19. The molecule has 0 saturated carbocycles. The summed E-state index contributed by atoms with van der Waals surface area (Å²) >= 11 is 0. The van der Waals surface area contributed by atoms with Crippen molar-refractivity contribution < 1.29 is 65.4 Å². The standard InChI is InChI=1S/C6H12O7.2C3H6O3.Mg/c7-1-2(8)3(9)4(10)5(11)6(12)13;2*1-2(4)3(5)6;/h2-5,7-11H,1H2,(H,12,13);2*2,4H,1H3,(H,5,6);/q;;;+2/p-2. The van der Waals surface area contributed by atoms with Gasteiger partial charge < -0.3 is 60.7 Å². The van der Waals surface area contributed by atoms with Crippen molar-refractivity contribution in [1.82, 2.24) is 0 Å². The summed E-state index contributed by atoms with van der Waals surface area (Å²) in [5, 5.41) is 86.4. The second-order valence-electron chi connectivity index (χ2n) is 4.50. The molecule has 0 bridgehead atoms. The molecule has 0 saturated heterocycles. The largest absolute Gasteiger partial charge is 2.00 e. The van der Waals surface area contributed by atoms with Crippen molar-refractivity contribution in [2.45, 2.75) is 50.5 Å². The van der Waals surface area contributed by atoms with Crippen LogP contribution < -0.4 is 10.2 Å². The molecule has 0 fully saturated rings. The van der Waals surface area contributed by atoms with Gasteiger partial charge in [-0.25, -0.2) is 4.79 Å². The summed E-state index contributed by atoms with van der Waals surface area (Å²) in [6.45, 7) is 1.43. The maximum Gasteiger partial charge on any atom is 2.00 e. The van der Waals surface area contributed by atoms with Crippen LogP contribution in [0.1, 0.15) is 13.8 Å². The number of aliphatic carboxylic acids is 3. The van der Waals surface area contributed by atoms with E-state index < -0.39 is 61.1 Å². The maximum atomic E-state index is 10.1. The van der Waals surface area contributed by atoms with Crippen LogP contribution in [0.5, 0.6) is 0 Å². The summed E-state index contributed by atoms with van der Waals surface area (Å²) in [6, 6.07) is 0. The van der Waals surface area contributed by atoms with Crippen molar-refractivity contribution >= 4 is 41.0 Å². The molecule has 0 aliphatic carbocycles. The Morgan fingerprint density at radius 1 is 0.808 bits per heavy atom. The van der Waals surface area contributed by atoms with Crippen LogP contribution in [0.2, 0.25) is 0 Å². The molecule has 0 rings (SSSR count). The first-order valence-corrected chi connectivity index (χ1v) is 6.54. The quantitative estimate of drug-likeness (QED) is 0.185. The summed E-state index contributed by atoms with van der Waals surface area (Å²) in [7, 11) is 0. The topological polar surface area (TPSA) is 259 Å². The Morgan fingerprint density at radius 2 is 1.08 bits per heavy atom. The van der Waals surface area contributed by atoms with Crippen LogP contribution in [0.4, 0.5) is 0 Å². The summed E-state index contributed by atoms with van der Waals surface area (Å²) < 4.78 is 0. The smallest absolute Gasteiger partial charge is 0.547 e. The Morgan fingerprint density at radius 3 is 1.23 bits per heavy atom. The number of carboxylic acid groups (broad SMARTS) is 3. The molecule has 0 aliphatic rings. The van der Waals surface area contributed by atoms with Crippen LogP contribution in [-0.4, -0.2) is 125 Å². The van der Waals surface area contributed by atoms with Crippen molar-refractivity contribution in [3.8, 4) is 0 Å². The fourth-order valence-corrected chi connectivity index (χ4v) is 0.668. The molecule has 8 N–H and O–H groups in total.